The van der Waals surface area contributed by atoms with Crippen molar-refractivity contribution in [2.24, 2.45) is 17.8 Å². The second-order valence-electron chi connectivity index (χ2n) is 6.82. The normalized spacial score (nSPS) is 28.2. The van der Waals surface area contributed by atoms with Crippen LogP contribution in [0.3, 0.4) is 0 Å². The van der Waals surface area contributed by atoms with Crippen LogP contribution in [-0.4, -0.2) is 6.61 Å². The zero-order chi connectivity index (χ0) is 16.4. The monoisotopic (exact) mass is 324 g/mol. The number of allylic oxidation sites excluding steroid dienone is 1. The number of ether oxygens (including phenoxy) is 1. The molecule has 1 aliphatic carbocycles. The zero-order valence-corrected chi connectivity index (χ0v) is 13.5. The number of halogens is 3. The van der Waals surface area contributed by atoms with Gasteiger partial charge in [0.25, 0.3) is 0 Å². The predicted molar refractivity (Wildman–Crippen MR) is 84.1 cm³/mol. The summed E-state index contributed by atoms with van der Waals surface area (Å²) >= 11 is 0. The van der Waals surface area contributed by atoms with Gasteiger partial charge < -0.3 is 4.74 Å². The average Bonchev–Trinajstić information content (AvgIpc) is 2.59. The first kappa shape index (κ1) is 16.4. The van der Waals surface area contributed by atoms with Crippen molar-refractivity contribution in [3.05, 3.63) is 41.2 Å². The molecule has 0 N–H and O–H groups in total. The quantitative estimate of drug-likeness (QED) is 0.648. The maximum atomic E-state index is 13.3. The van der Waals surface area contributed by atoms with Crippen molar-refractivity contribution < 1.29 is 17.9 Å². The van der Waals surface area contributed by atoms with Crippen LogP contribution >= 0.6 is 0 Å². The van der Waals surface area contributed by atoms with Gasteiger partial charge in [0.05, 0.1) is 6.61 Å². The largest absolute Gasteiger partial charge is 0.493 e. The first-order valence-electron chi connectivity index (χ1n) is 8.56. The average molecular weight is 324 g/mol. The highest BCUT2D eigenvalue weighted by atomic mass is 19.2. The molecule has 1 nitrogen and oxygen atoms in total. The molecule has 1 unspecified atom stereocenters. The molecule has 0 radical (unpaired) electrons. The maximum absolute atomic E-state index is 13.3. The van der Waals surface area contributed by atoms with Gasteiger partial charge in [-0.25, -0.2) is 13.2 Å². The molecule has 1 atom stereocenters. The standard InChI is InChI=1S/C19H23F3O/c1-2-12-3-5-13(6-4-12)14-7-8-18(23-11-14)15-9-16(20)19(22)17(21)10-15/h8-10,12-14H,2-7,11H2,1H3. The molecule has 126 valence electrons. The van der Waals surface area contributed by atoms with E-state index in [1.54, 1.807) is 0 Å². The topological polar surface area (TPSA) is 9.23 Å². The fourth-order valence-corrected chi connectivity index (χ4v) is 3.88. The lowest BCUT2D eigenvalue weighted by atomic mass is 9.74. The Hall–Kier alpha value is -1.45. The summed E-state index contributed by atoms with van der Waals surface area (Å²) in [5.41, 5.74) is 0.273. The van der Waals surface area contributed by atoms with Crippen LogP contribution < -0.4 is 0 Å². The highest BCUT2D eigenvalue weighted by molar-refractivity contribution is 5.60. The second kappa shape index (κ2) is 6.98. The minimum atomic E-state index is -1.43. The molecule has 1 saturated carbocycles. The van der Waals surface area contributed by atoms with Gasteiger partial charge in [0.1, 0.15) is 5.76 Å². The van der Waals surface area contributed by atoms with Gasteiger partial charge >= 0.3 is 0 Å². The van der Waals surface area contributed by atoms with E-state index >= 15 is 0 Å². The second-order valence-corrected chi connectivity index (χ2v) is 6.82. The minimum Gasteiger partial charge on any atom is -0.493 e. The molecule has 1 heterocycles. The molecule has 0 aromatic heterocycles. The molecular weight excluding hydrogens is 301 g/mol. The van der Waals surface area contributed by atoms with E-state index in [9.17, 15) is 13.2 Å². The Morgan fingerprint density at radius 1 is 1.00 bits per heavy atom. The number of hydrogen-bond donors (Lipinski definition) is 0. The Morgan fingerprint density at radius 3 is 2.17 bits per heavy atom. The highest BCUT2D eigenvalue weighted by Gasteiger charge is 2.29. The Bertz CT molecular complexity index is 565. The van der Waals surface area contributed by atoms with Crippen LogP contribution in [0, 0.1) is 35.2 Å². The molecule has 4 heteroatoms. The van der Waals surface area contributed by atoms with E-state index in [0.29, 0.717) is 24.2 Å². The fraction of sp³-hybridized carbons (Fsp3) is 0.579. The van der Waals surface area contributed by atoms with Gasteiger partial charge in [0.15, 0.2) is 17.5 Å². The molecule has 1 aromatic carbocycles. The van der Waals surface area contributed by atoms with Crippen molar-refractivity contribution >= 4 is 5.76 Å². The molecule has 1 fully saturated rings. The van der Waals surface area contributed by atoms with E-state index < -0.39 is 17.5 Å². The fourth-order valence-electron chi connectivity index (χ4n) is 3.88. The maximum Gasteiger partial charge on any atom is 0.194 e. The SMILES string of the molecule is CCC1CCC(C2CC=C(c3cc(F)c(F)c(F)c3)OC2)CC1. The zero-order valence-electron chi connectivity index (χ0n) is 13.5. The summed E-state index contributed by atoms with van der Waals surface area (Å²) in [6.07, 6.45) is 9.10. The first-order chi connectivity index (χ1) is 11.1. The van der Waals surface area contributed by atoms with Gasteiger partial charge in [-0.1, -0.05) is 26.2 Å². The summed E-state index contributed by atoms with van der Waals surface area (Å²) in [5.74, 6) is -1.30. The molecule has 3 rings (SSSR count). The van der Waals surface area contributed by atoms with Crippen LogP contribution in [0.5, 0.6) is 0 Å². The highest BCUT2D eigenvalue weighted by Crippen LogP contribution is 2.39. The molecule has 2 aliphatic rings. The van der Waals surface area contributed by atoms with Gasteiger partial charge in [-0.2, -0.15) is 0 Å². The van der Waals surface area contributed by atoms with E-state index in [-0.39, 0.29) is 5.56 Å². The van der Waals surface area contributed by atoms with Crippen molar-refractivity contribution in [3.8, 4) is 0 Å². The summed E-state index contributed by atoms with van der Waals surface area (Å²) in [7, 11) is 0. The van der Waals surface area contributed by atoms with Gasteiger partial charge in [-0.15, -0.1) is 0 Å². The molecule has 0 bridgehead atoms. The van der Waals surface area contributed by atoms with Crippen molar-refractivity contribution in [1.82, 2.24) is 0 Å². The Morgan fingerprint density at radius 2 is 1.65 bits per heavy atom. The van der Waals surface area contributed by atoms with Gasteiger partial charge in [-0.3, -0.25) is 0 Å². The van der Waals surface area contributed by atoms with Crippen LogP contribution in [0.2, 0.25) is 0 Å². The third kappa shape index (κ3) is 3.56. The van der Waals surface area contributed by atoms with Crippen LogP contribution in [0.25, 0.3) is 5.76 Å². The summed E-state index contributed by atoms with van der Waals surface area (Å²) < 4.78 is 45.4. The molecule has 0 spiro atoms. The lowest BCUT2D eigenvalue weighted by Crippen LogP contribution is -2.26. The third-order valence-corrected chi connectivity index (χ3v) is 5.46. The van der Waals surface area contributed by atoms with Crippen LogP contribution in [0.1, 0.15) is 51.0 Å². The lowest BCUT2D eigenvalue weighted by molar-refractivity contribution is 0.118. The van der Waals surface area contributed by atoms with Crippen LogP contribution in [0.4, 0.5) is 13.2 Å². The Labute approximate surface area is 135 Å². The smallest absolute Gasteiger partial charge is 0.194 e. The summed E-state index contributed by atoms with van der Waals surface area (Å²) in [6, 6.07) is 1.99. The summed E-state index contributed by atoms with van der Waals surface area (Å²) in [4.78, 5) is 0. The van der Waals surface area contributed by atoms with E-state index in [0.717, 1.165) is 24.5 Å². The van der Waals surface area contributed by atoms with E-state index in [2.05, 4.69) is 6.92 Å². The van der Waals surface area contributed by atoms with Crippen LogP contribution in [0.15, 0.2) is 18.2 Å². The van der Waals surface area contributed by atoms with Gasteiger partial charge in [0.2, 0.25) is 0 Å². The van der Waals surface area contributed by atoms with E-state index in [1.165, 1.54) is 32.1 Å². The minimum absolute atomic E-state index is 0.273. The van der Waals surface area contributed by atoms with Crippen molar-refractivity contribution in [1.29, 1.82) is 0 Å². The molecule has 23 heavy (non-hydrogen) atoms. The Balaban J connectivity index is 1.65. The molecule has 0 saturated heterocycles. The molecule has 1 aromatic rings. The number of hydrogen-bond acceptors (Lipinski definition) is 1. The third-order valence-electron chi connectivity index (χ3n) is 5.46. The first-order valence-corrected chi connectivity index (χ1v) is 8.56. The number of rotatable bonds is 3. The predicted octanol–water partition coefficient (Wildman–Crippen LogP) is 5.70. The van der Waals surface area contributed by atoms with E-state index in [1.807, 2.05) is 6.08 Å². The van der Waals surface area contributed by atoms with Gasteiger partial charge in [0, 0.05) is 5.56 Å². The van der Waals surface area contributed by atoms with E-state index in [4.69, 9.17) is 4.74 Å². The number of benzene rings is 1. The van der Waals surface area contributed by atoms with Crippen molar-refractivity contribution in [3.63, 3.8) is 0 Å². The summed E-state index contributed by atoms with van der Waals surface area (Å²) in [6.45, 7) is 2.83. The van der Waals surface area contributed by atoms with Crippen LogP contribution in [-0.2, 0) is 4.74 Å². The molecule has 0 amide bonds. The Kier molecular flexibility index (Phi) is 4.98. The molecule has 1 aliphatic heterocycles. The lowest BCUT2D eigenvalue weighted by Gasteiger charge is -2.35. The van der Waals surface area contributed by atoms with Crippen molar-refractivity contribution in [2.45, 2.75) is 45.4 Å². The van der Waals surface area contributed by atoms with Gasteiger partial charge in [-0.05, 0) is 55.2 Å². The van der Waals surface area contributed by atoms with Crippen molar-refractivity contribution in [2.75, 3.05) is 6.61 Å². The molecular formula is C19H23F3O. The summed E-state index contributed by atoms with van der Waals surface area (Å²) in [5, 5.41) is 0.